The van der Waals surface area contributed by atoms with Gasteiger partial charge in [0, 0.05) is 12.5 Å². The summed E-state index contributed by atoms with van der Waals surface area (Å²) in [6.45, 7) is 6.32. The summed E-state index contributed by atoms with van der Waals surface area (Å²) in [5.74, 6) is -0.327. The lowest BCUT2D eigenvalue weighted by Crippen LogP contribution is -2.46. The van der Waals surface area contributed by atoms with Crippen LogP contribution in [0, 0.1) is 5.41 Å². The van der Waals surface area contributed by atoms with Gasteiger partial charge < -0.3 is 10.6 Å². The Kier molecular flexibility index (Phi) is 3.84. The zero-order chi connectivity index (χ0) is 14.9. The average molecular weight is 274 g/mol. The van der Waals surface area contributed by atoms with E-state index in [4.69, 9.17) is 5.73 Å². The maximum Gasteiger partial charge on any atom is 0.240 e. The summed E-state index contributed by atoms with van der Waals surface area (Å²) in [5.41, 5.74) is 6.05. The second-order valence-corrected chi connectivity index (χ2v) is 5.97. The Morgan fingerprint density at radius 1 is 1.40 bits per heavy atom. The Hall–Kier alpha value is -1.84. The lowest BCUT2D eigenvalue weighted by molar-refractivity contribution is -0.141. The lowest BCUT2D eigenvalue weighted by Gasteiger charge is -2.25. The summed E-state index contributed by atoms with van der Waals surface area (Å²) >= 11 is 0. The minimum Gasteiger partial charge on any atom is -0.368 e. The highest BCUT2D eigenvalue weighted by Crippen LogP contribution is 2.44. The van der Waals surface area contributed by atoms with Crippen molar-refractivity contribution in [1.82, 2.24) is 4.90 Å². The summed E-state index contributed by atoms with van der Waals surface area (Å²) in [6, 6.07) is 9.48. The molecule has 0 saturated carbocycles. The van der Waals surface area contributed by atoms with E-state index in [0.29, 0.717) is 13.0 Å². The first-order chi connectivity index (χ1) is 9.39. The number of likely N-dealkylation sites (tertiary alicyclic amines) is 1. The molecule has 0 aromatic heterocycles. The van der Waals surface area contributed by atoms with E-state index in [1.54, 1.807) is 4.90 Å². The number of hydrogen-bond donors (Lipinski definition) is 1. The van der Waals surface area contributed by atoms with E-state index in [2.05, 4.69) is 0 Å². The van der Waals surface area contributed by atoms with Crippen LogP contribution in [0.1, 0.15) is 38.7 Å². The van der Waals surface area contributed by atoms with E-state index in [-0.39, 0.29) is 11.8 Å². The highest BCUT2D eigenvalue weighted by atomic mass is 16.2. The fraction of sp³-hybridized carbons (Fsp3) is 0.500. The molecule has 0 aliphatic carbocycles. The number of nitrogens with two attached hydrogens (primary N) is 1. The van der Waals surface area contributed by atoms with Gasteiger partial charge in [0.15, 0.2) is 0 Å². The molecule has 1 aromatic rings. The Balaban J connectivity index is 2.34. The summed E-state index contributed by atoms with van der Waals surface area (Å²) in [7, 11) is 0. The van der Waals surface area contributed by atoms with Crippen LogP contribution in [-0.2, 0) is 9.59 Å². The predicted octanol–water partition coefficient (Wildman–Crippen LogP) is 1.90. The van der Waals surface area contributed by atoms with E-state index < -0.39 is 17.4 Å². The molecule has 2 amide bonds. The molecule has 1 heterocycles. The molecule has 4 nitrogen and oxygen atoms in total. The molecule has 1 aromatic carbocycles. The number of primary amides is 1. The van der Waals surface area contributed by atoms with Crippen LogP contribution in [0.2, 0.25) is 0 Å². The molecule has 20 heavy (non-hydrogen) atoms. The smallest absolute Gasteiger partial charge is 0.240 e. The number of carbonyl (C=O) groups is 2. The van der Waals surface area contributed by atoms with Crippen molar-refractivity contribution in [2.45, 2.75) is 39.2 Å². The molecule has 0 bridgehead atoms. The summed E-state index contributed by atoms with van der Waals surface area (Å²) in [6.07, 6.45) is 0.554. The molecule has 108 valence electrons. The first kappa shape index (κ1) is 14.6. The van der Waals surface area contributed by atoms with Gasteiger partial charge in [-0.05, 0) is 12.0 Å². The highest BCUT2D eigenvalue weighted by molar-refractivity contribution is 5.91. The zero-order valence-corrected chi connectivity index (χ0v) is 12.3. The third-order valence-electron chi connectivity index (χ3n) is 4.36. The van der Waals surface area contributed by atoms with Crippen molar-refractivity contribution in [3.8, 4) is 0 Å². The van der Waals surface area contributed by atoms with Gasteiger partial charge in [-0.3, -0.25) is 9.59 Å². The van der Waals surface area contributed by atoms with Crippen LogP contribution in [0.4, 0.5) is 0 Å². The van der Waals surface area contributed by atoms with Crippen molar-refractivity contribution in [3.63, 3.8) is 0 Å². The molecule has 2 rings (SSSR count). The molecule has 0 spiro atoms. The number of hydrogen-bond acceptors (Lipinski definition) is 2. The first-order valence-electron chi connectivity index (χ1n) is 7.05. The minimum absolute atomic E-state index is 0.0111. The van der Waals surface area contributed by atoms with E-state index in [0.717, 1.165) is 5.56 Å². The molecular weight excluding hydrogens is 252 g/mol. The average Bonchev–Trinajstić information content (AvgIpc) is 2.64. The molecule has 1 fully saturated rings. The number of amides is 2. The van der Waals surface area contributed by atoms with Crippen molar-refractivity contribution in [1.29, 1.82) is 0 Å². The molecule has 2 N–H and O–H groups in total. The maximum absolute atomic E-state index is 12.6. The normalized spacial score (nSPS) is 22.9. The van der Waals surface area contributed by atoms with Crippen LogP contribution in [-0.4, -0.2) is 29.3 Å². The summed E-state index contributed by atoms with van der Waals surface area (Å²) < 4.78 is 0. The molecule has 1 saturated heterocycles. The van der Waals surface area contributed by atoms with Crippen molar-refractivity contribution in [2.75, 3.05) is 6.54 Å². The van der Waals surface area contributed by atoms with Crippen molar-refractivity contribution < 1.29 is 9.59 Å². The van der Waals surface area contributed by atoms with Crippen LogP contribution in [0.25, 0.3) is 0 Å². The van der Waals surface area contributed by atoms with E-state index in [1.165, 1.54) is 0 Å². The Bertz CT molecular complexity index is 510. The summed E-state index contributed by atoms with van der Waals surface area (Å²) in [4.78, 5) is 25.8. The van der Waals surface area contributed by atoms with Crippen LogP contribution in [0.3, 0.4) is 0 Å². The van der Waals surface area contributed by atoms with Gasteiger partial charge in [-0.1, -0.05) is 51.1 Å². The van der Waals surface area contributed by atoms with Gasteiger partial charge in [-0.15, -0.1) is 0 Å². The van der Waals surface area contributed by atoms with Crippen LogP contribution >= 0.6 is 0 Å². The van der Waals surface area contributed by atoms with Crippen LogP contribution in [0.15, 0.2) is 30.3 Å². The number of carbonyl (C=O) groups excluding carboxylic acids is 2. The van der Waals surface area contributed by atoms with Gasteiger partial charge in [-0.2, -0.15) is 0 Å². The van der Waals surface area contributed by atoms with Gasteiger partial charge in [0.25, 0.3) is 0 Å². The van der Waals surface area contributed by atoms with Crippen molar-refractivity contribution in [2.24, 2.45) is 11.1 Å². The topological polar surface area (TPSA) is 63.4 Å². The SMILES string of the molecule is CCC(C(N)=O)N1CC(c2ccccc2)C(C)(C)C1=O. The van der Waals surface area contributed by atoms with Gasteiger partial charge in [-0.25, -0.2) is 0 Å². The van der Waals surface area contributed by atoms with Crippen LogP contribution < -0.4 is 5.73 Å². The van der Waals surface area contributed by atoms with Crippen molar-refractivity contribution >= 4 is 11.8 Å². The second kappa shape index (κ2) is 5.27. The number of nitrogens with zero attached hydrogens (tertiary/aromatic N) is 1. The van der Waals surface area contributed by atoms with Gasteiger partial charge in [0.2, 0.25) is 11.8 Å². The second-order valence-electron chi connectivity index (χ2n) is 5.97. The van der Waals surface area contributed by atoms with E-state index in [1.807, 2.05) is 51.1 Å². The molecular formula is C16H22N2O2. The van der Waals surface area contributed by atoms with E-state index >= 15 is 0 Å². The quantitative estimate of drug-likeness (QED) is 0.911. The largest absolute Gasteiger partial charge is 0.368 e. The Morgan fingerprint density at radius 2 is 2.00 bits per heavy atom. The number of rotatable bonds is 4. The van der Waals surface area contributed by atoms with Gasteiger partial charge >= 0.3 is 0 Å². The third-order valence-corrected chi connectivity index (χ3v) is 4.36. The van der Waals surface area contributed by atoms with Crippen LogP contribution in [0.5, 0.6) is 0 Å². The van der Waals surface area contributed by atoms with Crippen molar-refractivity contribution in [3.05, 3.63) is 35.9 Å². The summed E-state index contributed by atoms with van der Waals surface area (Å²) in [5, 5.41) is 0. The first-order valence-corrected chi connectivity index (χ1v) is 7.05. The Morgan fingerprint density at radius 3 is 2.50 bits per heavy atom. The predicted molar refractivity (Wildman–Crippen MR) is 78.0 cm³/mol. The van der Waals surface area contributed by atoms with Gasteiger partial charge in [0.1, 0.15) is 6.04 Å². The Labute approximate surface area is 119 Å². The lowest BCUT2D eigenvalue weighted by atomic mass is 9.77. The minimum atomic E-state index is -0.510. The van der Waals surface area contributed by atoms with Gasteiger partial charge in [0.05, 0.1) is 5.41 Å². The molecule has 1 aliphatic rings. The van der Waals surface area contributed by atoms with E-state index in [9.17, 15) is 9.59 Å². The molecule has 2 atom stereocenters. The molecule has 4 heteroatoms. The molecule has 2 unspecified atom stereocenters. The third kappa shape index (κ3) is 2.30. The zero-order valence-electron chi connectivity index (χ0n) is 12.3. The standard InChI is InChI=1S/C16H22N2O2/c1-4-13(14(17)19)18-10-12(16(2,3)15(18)20)11-8-6-5-7-9-11/h5-9,12-13H,4,10H2,1-3H3,(H2,17,19). The fourth-order valence-corrected chi connectivity index (χ4v) is 3.08. The monoisotopic (exact) mass is 274 g/mol. The molecule has 0 radical (unpaired) electrons. The highest BCUT2D eigenvalue weighted by Gasteiger charge is 2.50. The number of benzene rings is 1. The fourth-order valence-electron chi connectivity index (χ4n) is 3.08. The molecule has 1 aliphatic heterocycles. The maximum atomic E-state index is 12.6.